The summed E-state index contributed by atoms with van der Waals surface area (Å²) in [5.74, 6) is -4.46. The minimum Gasteiger partial charge on any atom is -0.479 e. The Morgan fingerprint density at radius 1 is 1.30 bits per heavy atom. The first kappa shape index (κ1) is 22.4. The highest BCUT2D eigenvalue weighted by atomic mass is 32.1. The van der Waals surface area contributed by atoms with Gasteiger partial charge < -0.3 is 15.2 Å². The molecule has 0 radical (unpaired) electrons. The smallest absolute Gasteiger partial charge is 0.336 e. The number of carboxylic acid groups (broad SMARTS) is 1. The van der Waals surface area contributed by atoms with Crippen LogP contribution in [-0.4, -0.2) is 68.2 Å². The summed E-state index contributed by atoms with van der Waals surface area (Å²) in [7, 11) is 1.35. The lowest BCUT2D eigenvalue weighted by Gasteiger charge is -2.22. The molecule has 0 unspecified atom stereocenters. The fourth-order valence-electron chi connectivity index (χ4n) is 3.07. The maximum atomic E-state index is 14.0. The summed E-state index contributed by atoms with van der Waals surface area (Å²) in [6, 6.07) is 2.17. The first-order valence-electron chi connectivity index (χ1n) is 9.46. The fraction of sp³-hybridized carbons (Fsp3) is 0.263. The molecule has 33 heavy (non-hydrogen) atoms. The highest BCUT2D eigenvalue weighted by Gasteiger charge is 2.51. The van der Waals surface area contributed by atoms with Crippen LogP contribution in [0.1, 0.15) is 5.69 Å². The zero-order valence-electron chi connectivity index (χ0n) is 16.9. The van der Waals surface area contributed by atoms with Gasteiger partial charge in [0.05, 0.1) is 17.4 Å². The van der Waals surface area contributed by atoms with Crippen molar-refractivity contribution in [3.63, 3.8) is 0 Å². The van der Waals surface area contributed by atoms with Crippen molar-refractivity contribution in [2.24, 2.45) is 0 Å². The molecule has 1 fully saturated rings. The number of nitrogens with zero attached hydrogens (tertiary/aromatic N) is 5. The lowest BCUT2D eigenvalue weighted by molar-refractivity contribution is -0.138. The Morgan fingerprint density at radius 2 is 2.03 bits per heavy atom. The summed E-state index contributed by atoms with van der Waals surface area (Å²) in [4.78, 5) is 41.6. The van der Waals surface area contributed by atoms with Gasteiger partial charge in [0.15, 0.2) is 29.7 Å². The second-order valence-corrected chi connectivity index (χ2v) is 7.77. The average Bonchev–Trinajstić information content (AvgIpc) is 3.17. The summed E-state index contributed by atoms with van der Waals surface area (Å²) in [6.45, 7) is 0. The maximum absolute atomic E-state index is 14.0. The third kappa shape index (κ3) is 4.70. The van der Waals surface area contributed by atoms with Crippen molar-refractivity contribution in [1.29, 1.82) is 0 Å². The largest absolute Gasteiger partial charge is 0.479 e. The number of hydrogen-bond donors (Lipinski definition) is 2. The van der Waals surface area contributed by atoms with E-state index in [4.69, 9.17) is 9.84 Å². The van der Waals surface area contributed by atoms with Crippen molar-refractivity contribution in [2.45, 2.75) is 24.7 Å². The molecular weight excluding hydrogens is 462 g/mol. The summed E-state index contributed by atoms with van der Waals surface area (Å²) < 4.78 is 33.8. The number of anilines is 1. The molecule has 3 atom stereocenters. The first-order valence-corrected chi connectivity index (χ1v) is 10.4. The molecule has 2 aromatic heterocycles. The van der Waals surface area contributed by atoms with Crippen molar-refractivity contribution in [1.82, 2.24) is 25.3 Å². The topological polar surface area (TPSA) is 143 Å². The Bertz CT molecular complexity index is 1180. The van der Waals surface area contributed by atoms with E-state index in [1.165, 1.54) is 24.5 Å². The number of ether oxygens (including phenoxy) is 1. The third-order valence-corrected chi connectivity index (χ3v) is 5.46. The Morgan fingerprint density at radius 3 is 2.64 bits per heavy atom. The van der Waals surface area contributed by atoms with Crippen LogP contribution >= 0.6 is 11.3 Å². The monoisotopic (exact) mass is 478 g/mol. The van der Waals surface area contributed by atoms with Crippen LogP contribution in [0.2, 0.25) is 0 Å². The Balaban J connectivity index is 1.54. The molecule has 1 aliphatic heterocycles. The maximum Gasteiger partial charge on any atom is 0.336 e. The van der Waals surface area contributed by atoms with E-state index in [0.717, 1.165) is 27.9 Å². The van der Waals surface area contributed by atoms with Crippen molar-refractivity contribution in [3.8, 4) is 5.69 Å². The molecule has 0 aliphatic carbocycles. The molecule has 0 spiro atoms. The molecule has 1 aromatic carbocycles. The van der Waals surface area contributed by atoms with Crippen molar-refractivity contribution in [3.05, 3.63) is 52.6 Å². The highest BCUT2D eigenvalue weighted by Crippen LogP contribution is 2.23. The van der Waals surface area contributed by atoms with Crippen LogP contribution in [0.5, 0.6) is 0 Å². The van der Waals surface area contributed by atoms with Gasteiger partial charge in [-0.1, -0.05) is 11.3 Å². The van der Waals surface area contributed by atoms with Crippen LogP contribution in [0.25, 0.3) is 5.69 Å². The van der Waals surface area contributed by atoms with Gasteiger partial charge in [0, 0.05) is 18.8 Å². The zero-order valence-corrected chi connectivity index (χ0v) is 17.7. The van der Waals surface area contributed by atoms with E-state index in [2.05, 4.69) is 20.6 Å². The summed E-state index contributed by atoms with van der Waals surface area (Å²) >= 11 is 1.30. The van der Waals surface area contributed by atoms with Gasteiger partial charge in [0.1, 0.15) is 11.7 Å². The Kier molecular flexibility index (Phi) is 6.11. The number of benzene rings is 1. The van der Waals surface area contributed by atoms with E-state index in [9.17, 15) is 23.2 Å². The molecule has 1 saturated heterocycles. The number of carbonyl (C=O) groups is 3. The van der Waals surface area contributed by atoms with Gasteiger partial charge in [-0.15, -0.1) is 16.4 Å². The normalized spacial score (nSPS) is 17.9. The van der Waals surface area contributed by atoms with Gasteiger partial charge in [-0.3, -0.25) is 14.5 Å². The third-order valence-electron chi connectivity index (χ3n) is 4.83. The number of likely N-dealkylation sites (N-methyl/N-ethyl adjacent to an activating group) is 1. The number of hydrogen-bond acceptors (Lipinski definition) is 8. The summed E-state index contributed by atoms with van der Waals surface area (Å²) in [5, 5.41) is 20.6. The van der Waals surface area contributed by atoms with Crippen molar-refractivity contribution in [2.75, 3.05) is 11.9 Å². The van der Waals surface area contributed by atoms with Crippen LogP contribution in [-0.2, 0) is 25.5 Å². The molecule has 0 saturated carbocycles. The van der Waals surface area contributed by atoms with Crippen LogP contribution in [0.3, 0.4) is 0 Å². The standard InChI is InChI=1S/C19H16F2N6O5S/c1-26(13-6-27(25-24-13)14-10(20)3-2-4-11(14)21)18(29)12(5-9-7-33-8-22-9)23-17(28)15-16(32-15)19(30)31/h2-4,6-8,12,15-16H,5H2,1H3,(H,23,28)(H,30,31)/t12-,15-,16-/m0/s1. The van der Waals surface area contributed by atoms with E-state index in [0.29, 0.717) is 5.69 Å². The Hall–Kier alpha value is -3.78. The number of amides is 2. The predicted molar refractivity (Wildman–Crippen MR) is 109 cm³/mol. The van der Waals surface area contributed by atoms with Gasteiger partial charge in [0.2, 0.25) is 0 Å². The van der Waals surface area contributed by atoms with E-state index in [1.807, 2.05) is 0 Å². The minimum absolute atomic E-state index is 0.0128. The number of para-hydroxylation sites is 1. The van der Waals surface area contributed by atoms with Gasteiger partial charge in [0.25, 0.3) is 11.8 Å². The van der Waals surface area contributed by atoms with Gasteiger partial charge >= 0.3 is 5.97 Å². The van der Waals surface area contributed by atoms with Crippen LogP contribution in [0, 0.1) is 11.6 Å². The number of carboxylic acids is 1. The molecule has 2 N–H and O–H groups in total. The van der Waals surface area contributed by atoms with E-state index in [-0.39, 0.29) is 12.2 Å². The molecule has 14 heteroatoms. The number of thiazole rings is 1. The quantitative estimate of drug-likeness (QED) is 0.447. The van der Waals surface area contributed by atoms with Gasteiger partial charge in [-0.05, 0) is 12.1 Å². The molecule has 0 bridgehead atoms. The van der Waals surface area contributed by atoms with E-state index >= 15 is 0 Å². The second kappa shape index (κ2) is 8.99. The molecule has 1 aliphatic rings. The molecule has 172 valence electrons. The number of carbonyl (C=O) groups excluding carboxylic acids is 2. The number of nitrogens with one attached hydrogen (secondary N) is 1. The molecule has 2 amide bonds. The van der Waals surface area contributed by atoms with Gasteiger partial charge in [-0.2, -0.15) is 0 Å². The lowest BCUT2D eigenvalue weighted by atomic mass is 10.1. The van der Waals surface area contributed by atoms with Gasteiger partial charge in [-0.25, -0.2) is 23.2 Å². The van der Waals surface area contributed by atoms with E-state index in [1.54, 1.807) is 10.9 Å². The van der Waals surface area contributed by atoms with Crippen LogP contribution in [0.15, 0.2) is 35.3 Å². The average molecular weight is 478 g/mol. The highest BCUT2D eigenvalue weighted by molar-refractivity contribution is 7.07. The second-order valence-electron chi connectivity index (χ2n) is 7.05. The van der Waals surface area contributed by atoms with E-state index < -0.39 is 53.4 Å². The lowest BCUT2D eigenvalue weighted by Crippen LogP contribution is -2.50. The zero-order chi connectivity index (χ0) is 23.7. The molecule has 3 aromatic rings. The first-order chi connectivity index (χ1) is 15.8. The SMILES string of the molecule is CN(C(=O)[C@H](Cc1cscn1)NC(=O)[C@H]1O[C@@H]1C(=O)O)c1cn(-c2c(F)cccc2F)nn1. The predicted octanol–water partition coefficient (Wildman–Crippen LogP) is 0.544. The number of aromatic nitrogens is 4. The minimum atomic E-state index is -1.29. The van der Waals surface area contributed by atoms with Crippen molar-refractivity contribution >= 4 is 34.9 Å². The van der Waals surface area contributed by atoms with Crippen molar-refractivity contribution < 1.29 is 33.0 Å². The molecule has 3 heterocycles. The molecule has 4 rings (SSSR count). The number of rotatable bonds is 8. The summed E-state index contributed by atoms with van der Waals surface area (Å²) in [5.41, 5.74) is 1.62. The van der Waals surface area contributed by atoms with Crippen LogP contribution in [0.4, 0.5) is 14.6 Å². The molecular formula is C19H16F2N6O5S. The number of epoxide rings is 1. The Labute approximate surface area is 188 Å². The fourth-order valence-corrected chi connectivity index (χ4v) is 3.64. The molecule has 11 nitrogen and oxygen atoms in total. The number of halogens is 2. The number of aliphatic carboxylic acids is 1. The summed E-state index contributed by atoms with van der Waals surface area (Å²) in [6.07, 6.45) is -1.30. The van der Waals surface area contributed by atoms with Crippen LogP contribution < -0.4 is 10.2 Å².